The lowest BCUT2D eigenvalue weighted by atomic mass is 9.94. The van der Waals surface area contributed by atoms with E-state index in [-0.39, 0.29) is 6.42 Å². The smallest absolute Gasteiger partial charge is 0.299 e. The first-order valence-corrected chi connectivity index (χ1v) is 9.78. The topological polar surface area (TPSA) is 125 Å². The van der Waals surface area contributed by atoms with Gasteiger partial charge >= 0.3 is 0 Å². The number of carbonyl (C=O) groups is 1. The highest BCUT2D eigenvalue weighted by Gasteiger charge is 2.26. The van der Waals surface area contributed by atoms with Crippen LogP contribution in [0, 0.1) is 5.92 Å². The zero-order valence-corrected chi connectivity index (χ0v) is 16.5. The fraction of sp³-hybridized carbons (Fsp3) is 0.526. The van der Waals surface area contributed by atoms with Crippen molar-refractivity contribution in [3.05, 3.63) is 30.0 Å². The van der Waals surface area contributed by atoms with Gasteiger partial charge in [0.05, 0.1) is 19.6 Å². The van der Waals surface area contributed by atoms with Crippen LogP contribution in [0.25, 0.3) is 11.2 Å². The van der Waals surface area contributed by atoms with Gasteiger partial charge in [-0.3, -0.25) is 4.79 Å². The number of primary amides is 1. The zero-order valence-electron chi connectivity index (χ0n) is 16.5. The molecule has 1 saturated heterocycles. The molecule has 1 atom stereocenters. The van der Waals surface area contributed by atoms with Crippen LogP contribution in [-0.4, -0.2) is 57.4 Å². The maximum absolute atomic E-state index is 11.2. The van der Waals surface area contributed by atoms with Crippen LogP contribution in [-0.2, 0) is 28.9 Å². The number of methoxy groups -OCH3 is 1. The van der Waals surface area contributed by atoms with Gasteiger partial charge < -0.3 is 19.8 Å². The average Bonchev–Trinajstić information content (AvgIpc) is 3.30. The van der Waals surface area contributed by atoms with E-state index in [1.807, 2.05) is 16.8 Å². The molecule has 4 heterocycles. The van der Waals surface area contributed by atoms with E-state index < -0.39 is 5.91 Å². The third kappa shape index (κ3) is 4.53. The number of carbonyl (C=O) groups excluding carboxylic acids is 1. The van der Waals surface area contributed by atoms with Crippen molar-refractivity contribution in [3.8, 4) is 0 Å². The lowest BCUT2D eigenvalue weighted by Gasteiger charge is -2.31. The highest BCUT2D eigenvalue weighted by molar-refractivity contribution is 5.75. The molecule has 0 saturated carbocycles. The summed E-state index contributed by atoms with van der Waals surface area (Å²) in [6.45, 7) is 2.83. The molecule has 3 aromatic rings. The minimum Gasteiger partial charge on any atom is -0.422 e. The number of rotatable bonds is 8. The monoisotopic (exact) mass is 399 g/mol. The average molecular weight is 399 g/mol. The van der Waals surface area contributed by atoms with Crippen LogP contribution in [0.2, 0.25) is 0 Å². The van der Waals surface area contributed by atoms with E-state index in [4.69, 9.17) is 14.9 Å². The molecule has 0 bridgehead atoms. The molecule has 4 rings (SSSR count). The van der Waals surface area contributed by atoms with E-state index in [1.165, 1.54) is 0 Å². The maximum Gasteiger partial charge on any atom is 0.299 e. The number of oxazole rings is 1. The number of piperidine rings is 1. The highest BCUT2D eigenvalue weighted by Crippen LogP contribution is 2.27. The summed E-state index contributed by atoms with van der Waals surface area (Å²) in [5.41, 5.74) is 6.62. The maximum atomic E-state index is 11.2. The first kappa shape index (κ1) is 19.3. The Morgan fingerprint density at radius 3 is 3.10 bits per heavy atom. The van der Waals surface area contributed by atoms with E-state index in [2.05, 4.69) is 25.0 Å². The molecule has 0 spiro atoms. The summed E-state index contributed by atoms with van der Waals surface area (Å²) in [6.07, 6.45) is 4.63. The molecule has 10 heteroatoms. The van der Waals surface area contributed by atoms with Crippen molar-refractivity contribution in [1.82, 2.24) is 24.7 Å². The summed E-state index contributed by atoms with van der Waals surface area (Å²) < 4.78 is 12.9. The van der Waals surface area contributed by atoms with E-state index in [9.17, 15) is 4.79 Å². The van der Waals surface area contributed by atoms with Crippen molar-refractivity contribution >= 4 is 23.2 Å². The Morgan fingerprint density at radius 2 is 2.31 bits per heavy atom. The number of nitrogens with zero attached hydrogens (tertiary/aromatic N) is 6. The van der Waals surface area contributed by atoms with Crippen LogP contribution in [0.4, 0.5) is 6.01 Å². The summed E-state index contributed by atoms with van der Waals surface area (Å²) in [6, 6.07) is 4.32. The van der Waals surface area contributed by atoms with Gasteiger partial charge in [0.2, 0.25) is 11.6 Å². The standard InChI is InChI=1S/C19H25N7O3/c1-28-9-8-26-17(22-16(24-26)11-15(20)27)10-13-4-3-7-25(12-13)19-23-18-14(29-19)5-2-6-21-18/h2,5-6,13H,3-4,7-12H2,1H3,(H2,20,27). The second-order valence-corrected chi connectivity index (χ2v) is 7.28. The van der Waals surface area contributed by atoms with Gasteiger partial charge in [-0.2, -0.15) is 10.1 Å². The number of amides is 1. The second kappa shape index (κ2) is 8.56. The SMILES string of the molecule is COCCn1nc(CC(N)=O)nc1CC1CCCN(c2nc3ncccc3o2)C1. The fourth-order valence-electron chi connectivity index (χ4n) is 3.72. The van der Waals surface area contributed by atoms with Gasteiger partial charge in [-0.25, -0.2) is 14.6 Å². The van der Waals surface area contributed by atoms with Crippen molar-refractivity contribution < 1.29 is 13.9 Å². The third-order valence-corrected chi connectivity index (χ3v) is 5.05. The minimum absolute atomic E-state index is 0.0413. The van der Waals surface area contributed by atoms with E-state index in [1.54, 1.807) is 13.3 Å². The molecule has 0 aromatic carbocycles. The molecule has 1 fully saturated rings. The Hall–Kier alpha value is -3.01. The first-order chi connectivity index (χ1) is 14.1. The van der Waals surface area contributed by atoms with Crippen LogP contribution < -0.4 is 10.6 Å². The lowest BCUT2D eigenvalue weighted by molar-refractivity contribution is -0.117. The Kier molecular flexibility index (Phi) is 5.70. The van der Waals surface area contributed by atoms with Crippen LogP contribution >= 0.6 is 0 Å². The summed E-state index contributed by atoms with van der Waals surface area (Å²) in [7, 11) is 1.65. The van der Waals surface area contributed by atoms with Crippen molar-refractivity contribution in [2.75, 3.05) is 31.7 Å². The molecule has 2 N–H and O–H groups in total. The van der Waals surface area contributed by atoms with Crippen LogP contribution in [0.1, 0.15) is 24.5 Å². The molecular weight excluding hydrogens is 374 g/mol. The third-order valence-electron chi connectivity index (χ3n) is 5.05. The lowest BCUT2D eigenvalue weighted by Crippen LogP contribution is -2.36. The quantitative estimate of drug-likeness (QED) is 0.593. The van der Waals surface area contributed by atoms with Gasteiger partial charge in [-0.15, -0.1) is 0 Å². The molecule has 1 unspecified atom stereocenters. The molecular formula is C19H25N7O3. The first-order valence-electron chi connectivity index (χ1n) is 9.78. The van der Waals surface area contributed by atoms with E-state index in [0.29, 0.717) is 42.1 Å². The molecule has 154 valence electrons. The van der Waals surface area contributed by atoms with E-state index in [0.717, 1.165) is 38.2 Å². The van der Waals surface area contributed by atoms with Gasteiger partial charge in [0.1, 0.15) is 5.82 Å². The number of fused-ring (bicyclic) bond motifs is 1. The predicted molar refractivity (Wildman–Crippen MR) is 105 cm³/mol. The number of pyridine rings is 1. The number of nitrogens with two attached hydrogens (primary N) is 1. The van der Waals surface area contributed by atoms with Gasteiger partial charge in [0.15, 0.2) is 11.4 Å². The zero-order chi connectivity index (χ0) is 20.2. The molecule has 10 nitrogen and oxygen atoms in total. The van der Waals surface area contributed by atoms with Crippen molar-refractivity contribution in [2.24, 2.45) is 11.7 Å². The molecule has 3 aromatic heterocycles. The minimum atomic E-state index is -0.436. The van der Waals surface area contributed by atoms with Gasteiger partial charge in [-0.05, 0) is 30.9 Å². The van der Waals surface area contributed by atoms with Gasteiger partial charge in [0.25, 0.3) is 6.01 Å². The Morgan fingerprint density at radius 1 is 1.41 bits per heavy atom. The Bertz CT molecular complexity index is 950. The molecule has 1 aliphatic heterocycles. The Balaban J connectivity index is 1.48. The normalized spacial score (nSPS) is 17.1. The molecule has 0 aliphatic carbocycles. The summed E-state index contributed by atoms with van der Waals surface area (Å²) in [4.78, 5) is 26.7. The van der Waals surface area contributed by atoms with Crippen LogP contribution in [0.15, 0.2) is 22.7 Å². The summed E-state index contributed by atoms with van der Waals surface area (Å²) >= 11 is 0. The van der Waals surface area contributed by atoms with E-state index >= 15 is 0 Å². The molecule has 0 radical (unpaired) electrons. The fourth-order valence-corrected chi connectivity index (χ4v) is 3.72. The van der Waals surface area contributed by atoms with Crippen molar-refractivity contribution in [3.63, 3.8) is 0 Å². The predicted octanol–water partition coefficient (Wildman–Crippen LogP) is 0.948. The molecule has 1 aliphatic rings. The number of anilines is 1. The molecule has 29 heavy (non-hydrogen) atoms. The number of hydrogen-bond acceptors (Lipinski definition) is 8. The summed E-state index contributed by atoms with van der Waals surface area (Å²) in [5.74, 6) is 1.25. The van der Waals surface area contributed by atoms with Crippen molar-refractivity contribution in [2.45, 2.75) is 32.2 Å². The van der Waals surface area contributed by atoms with Gasteiger partial charge in [-0.1, -0.05) is 0 Å². The number of ether oxygens (including phenoxy) is 1. The molecule has 1 amide bonds. The Labute approximate surface area is 168 Å². The van der Waals surface area contributed by atoms with Crippen LogP contribution in [0.5, 0.6) is 0 Å². The van der Waals surface area contributed by atoms with Crippen molar-refractivity contribution in [1.29, 1.82) is 0 Å². The number of hydrogen-bond donors (Lipinski definition) is 1. The number of aromatic nitrogens is 5. The van der Waals surface area contributed by atoms with Crippen LogP contribution in [0.3, 0.4) is 0 Å². The summed E-state index contributed by atoms with van der Waals surface area (Å²) in [5, 5.41) is 4.43. The second-order valence-electron chi connectivity index (χ2n) is 7.28. The van der Waals surface area contributed by atoms with Gasteiger partial charge in [0, 0.05) is 32.8 Å². The highest BCUT2D eigenvalue weighted by atomic mass is 16.5. The largest absolute Gasteiger partial charge is 0.422 e.